The molecule has 0 spiro atoms. The Morgan fingerprint density at radius 3 is 2.83 bits per heavy atom. The van der Waals surface area contributed by atoms with Gasteiger partial charge >= 0.3 is 6.16 Å². The number of piperazine rings is 1. The topological polar surface area (TPSA) is 90.2 Å². The Kier molecular flexibility index (Phi) is 5.82. The third kappa shape index (κ3) is 4.76. The lowest BCUT2D eigenvalue weighted by Gasteiger charge is -2.49. The Labute approximate surface area is 212 Å². The first-order valence-electron chi connectivity index (χ1n) is 12.1. The molecule has 3 aliphatic heterocycles. The van der Waals surface area contributed by atoms with Crippen molar-refractivity contribution in [2.45, 2.75) is 57.8 Å². The molecule has 4 aromatic rings. The largest absolute Gasteiger partial charge is 0.528 e. The van der Waals surface area contributed by atoms with E-state index in [1.807, 2.05) is 57.4 Å². The van der Waals surface area contributed by atoms with Crippen LogP contribution in [0.3, 0.4) is 0 Å². The van der Waals surface area contributed by atoms with Gasteiger partial charge in [-0.3, -0.25) is 4.90 Å². The van der Waals surface area contributed by atoms with Gasteiger partial charge in [0.15, 0.2) is 5.65 Å². The molecule has 6 heterocycles. The van der Waals surface area contributed by atoms with Gasteiger partial charge in [0.25, 0.3) is 5.19 Å². The number of hydrogen-bond donors (Lipinski definition) is 0. The fraction of sp³-hybridized carbons (Fsp3) is 0.423. The molecule has 2 bridgehead atoms. The number of hydrogen-bond acceptors (Lipinski definition) is 10. The quantitative estimate of drug-likeness (QED) is 0.313. The zero-order valence-corrected chi connectivity index (χ0v) is 21.3. The van der Waals surface area contributed by atoms with Gasteiger partial charge < -0.3 is 18.7 Å². The molecule has 2 atom stereocenters. The molecule has 0 radical (unpaired) electrons. The Bertz CT molecular complexity index is 1380. The van der Waals surface area contributed by atoms with Crippen LogP contribution in [0.4, 0.5) is 4.79 Å². The highest BCUT2D eigenvalue weighted by molar-refractivity contribution is 7.20. The highest BCUT2D eigenvalue weighted by Crippen LogP contribution is 2.35. The van der Waals surface area contributed by atoms with Crippen LogP contribution >= 0.6 is 11.3 Å². The van der Waals surface area contributed by atoms with Gasteiger partial charge in [0.2, 0.25) is 0 Å². The summed E-state index contributed by atoms with van der Waals surface area (Å²) >= 11 is 1.46. The minimum Gasteiger partial charge on any atom is -0.464 e. The number of ether oxygens (including phenoxy) is 2. The molecule has 3 saturated heterocycles. The summed E-state index contributed by atoms with van der Waals surface area (Å²) in [5.41, 5.74) is 2.02. The van der Waals surface area contributed by atoms with Crippen LogP contribution in [0.5, 0.6) is 10.9 Å². The molecule has 0 aliphatic carbocycles. The second-order valence-corrected chi connectivity index (χ2v) is 11.3. The van der Waals surface area contributed by atoms with Crippen LogP contribution in [0.25, 0.3) is 21.3 Å². The van der Waals surface area contributed by atoms with E-state index in [1.54, 1.807) is 11.3 Å². The molecule has 3 fully saturated rings. The molecule has 0 unspecified atom stereocenters. The standard InChI is InChI=1S/C26H28N4O5S/c1-26(2,3)34-25(31)35-30-14-17-6-7-18(30)13-29(17)12-16-15-32-21-11-19(8-9-20(16)21)33-24-28-23-22(36-24)5-4-10-27-23/h4-5,8-11,15,17-18H,6-7,12-14H2,1-3H3/t17-,18-/m0/s1. The molecule has 3 aromatic heterocycles. The number of piperidine rings is 2. The summed E-state index contributed by atoms with van der Waals surface area (Å²) in [6.45, 7) is 7.78. The molecule has 1 aromatic carbocycles. The van der Waals surface area contributed by atoms with Crippen molar-refractivity contribution in [1.82, 2.24) is 19.9 Å². The number of thiazole rings is 1. The van der Waals surface area contributed by atoms with Gasteiger partial charge in [-0.15, -0.1) is 5.06 Å². The molecular weight excluding hydrogens is 480 g/mol. The maximum Gasteiger partial charge on any atom is 0.528 e. The van der Waals surface area contributed by atoms with Gasteiger partial charge in [-0.2, -0.15) is 4.98 Å². The van der Waals surface area contributed by atoms with Gasteiger partial charge in [-0.25, -0.2) is 9.78 Å². The minimum atomic E-state index is -0.637. The summed E-state index contributed by atoms with van der Waals surface area (Å²) in [7, 11) is 0. The third-order valence-corrected chi connectivity index (χ3v) is 7.41. The van der Waals surface area contributed by atoms with E-state index in [4.69, 9.17) is 18.7 Å². The lowest BCUT2D eigenvalue weighted by atomic mass is 9.92. The minimum absolute atomic E-state index is 0.156. The van der Waals surface area contributed by atoms with Crippen LogP contribution < -0.4 is 4.74 Å². The zero-order valence-electron chi connectivity index (χ0n) is 20.5. The van der Waals surface area contributed by atoms with Crippen molar-refractivity contribution in [2.24, 2.45) is 0 Å². The van der Waals surface area contributed by atoms with Crippen LogP contribution in [0, 0.1) is 0 Å². The van der Waals surface area contributed by atoms with E-state index >= 15 is 0 Å². The maximum atomic E-state index is 12.1. The molecule has 9 nitrogen and oxygen atoms in total. The molecule has 0 amide bonds. The van der Waals surface area contributed by atoms with Crippen LogP contribution in [-0.2, 0) is 16.1 Å². The van der Waals surface area contributed by atoms with Gasteiger partial charge in [-0.05, 0) is 57.9 Å². The predicted molar refractivity (Wildman–Crippen MR) is 135 cm³/mol. The summed E-state index contributed by atoms with van der Waals surface area (Å²) in [5.74, 6) is 0.675. The van der Waals surface area contributed by atoms with Crippen LogP contribution in [0.2, 0.25) is 0 Å². The molecule has 10 heteroatoms. The van der Waals surface area contributed by atoms with Gasteiger partial charge in [0, 0.05) is 42.3 Å². The van der Waals surface area contributed by atoms with Crippen molar-refractivity contribution in [1.29, 1.82) is 0 Å². The first-order valence-corrected chi connectivity index (χ1v) is 12.9. The average molecular weight is 509 g/mol. The normalized spacial score (nSPS) is 20.8. The Morgan fingerprint density at radius 1 is 1.19 bits per heavy atom. The predicted octanol–water partition coefficient (Wildman–Crippen LogP) is 5.75. The fourth-order valence-electron chi connectivity index (χ4n) is 4.91. The zero-order chi connectivity index (χ0) is 24.9. The lowest BCUT2D eigenvalue weighted by Crippen LogP contribution is -2.62. The van der Waals surface area contributed by atoms with Crippen molar-refractivity contribution < 1.29 is 23.5 Å². The summed E-state index contributed by atoms with van der Waals surface area (Å²) in [4.78, 5) is 28.8. The first kappa shape index (κ1) is 23.2. The number of nitrogens with zero attached hydrogens (tertiary/aromatic N) is 4. The second kappa shape index (κ2) is 9.02. The van der Waals surface area contributed by atoms with Crippen LogP contribution in [0.1, 0.15) is 39.2 Å². The molecule has 36 heavy (non-hydrogen) atoms. The second-order valence-electron chi connectivity index (χ2n) is 10.3. The van der Waals surface area contributed by atoms with Crippen molar-refractivity contribution in [3.8, 4) is 10.9 Å². The number of furan rings is 1. The maximum absolute atomic E-state index is 12.1. The average Bonchev–Trinajstić information content (AvgIpc) is 3.42. The molecule has 0 saturated carbocycles. The van der Waals surface area contributed by atoms with E-state index in [0.29, 0.717) is 29.2 Å². The van der Waals surface area contributed by atoms with E-state index < -0.39 is 11.8 Å². The third-order valence-electron chi connectivity index (χ3n) is 6.53. The lowest BCUT2D eigenvalue weighted by molar-refractivity contribution is -0.214. The number of fused-ring (bicyclic) bond motifs is 5. The smallest absolute Gasteiger partial charge is 0.464 e. The Balaban J connectivity index is 1.11. The van der Waals surface area contributed by atoms with Crippen molar-refractivity contribution in [2.75, 3.05) is 13.1 Å². The van der Waals surface area contributed by atoms with Crippen molar-refractivity contribution in [3.63, 3.8) is 0 Å². The Hall–Kier alpha value is -3.21. The number of hydroxylamine groups is 2. The molecule has 3 aliphatic rings. The number of benzene rings is 1. The number of aromatic nitrogens is 2. The van der Waals surface area contributed by atoms with E-state index in [2.05, 4.69) is 14.9 Å². The van der Waals surface area contributed by atoms with E-state index in [0.717, 1.165) is 47.2 Å². The van der Waals surface area contributed by atoms with Crippen LogP contribution in [0.15, 0.2) is 47.2 Å². The van der Waals surface area contributed by atoms with E-state index in [9.17, 15) is 4.79 Å². The first-order chi connectivity index (χ1) is 17.3. The summed E-state index contributed by atoms with van der Waals surface area (Å²) < 4.78 is 18.2. The SMILES string of the molecule is CC(C)(C)OC(=O)ON1C[C@@H]2CC[C@H]1CN2Cc1coc2cc(Oc3nc4ncccc4s3)ccc12. The molecular formula is C26H28N4O5S. The monoisotopic (exact) mass is 508 g/mol. The number of pyridine rings is 1. The summed E-state index contributed by atoms with van der Waals surface area (Å²) in [5, 5.41) is 3.42. The Morgan fingerprint density at radius 2 is 2.06 bits per heavy atom. The van der Waals surface area contributed by atoms with Gasteiger partial charge in [0.1, 0.15) is 16.9 Å². The van der Waals surface area contributed by atoms with E-state index in [1.165, 1.54) is 11.3 Å². The summed E-state index contributed by atoms with van der Waals surface area (Å²) in [6, 6.07) is 10.2. The highest BCUT2D eigenvalue weighted by Gasteiger charge is 2.41. The summed E-state index contributed by atoms with van der Waals surface area (Å²) in [6.07, 6.45) is 4.99. The van der Waals surface area contributed by atoms with Crippen molar-refractivity contribution >= 4 is 38.8 Å². The highest BCUT2D eigenvalue weighted by atomic mass is 32.1. The molecule has 188 valence electrons. The number of carbonyl (C=O) groups is 1. The number of carbonyl (C=O) groups excluding carboxylic acids is 1. The number of rotatable bonds is 5. The van der Waals surface area contributed by atoms with Gasteiger partial charge in [-0.1, -0.05) is 11.3 Å². The molecule has 0 N–H and O–H groups in total. The molecule has 7 rings (SSSR count). The van der Waals surface area contributed by atoms with Gasteiger partial charge in [0.05, 0.1) is 23.5 Å². The fourth-order valence-corrected chi connectivity index (χ4v) is 5.70. The van der Waals surface area contributed by atoms with Crippen molar-refractivity contribution in [3.05, 3.63) is 48.4 Å². The van der Waals surface area contributed by atoms with E-state index in [-0.39, 0.29) is 6.04 Å². The van der Waals surface area contributed by atoms with Crippen LogP contribution in [-0.4, -0.2) is 56.9 Å².